The fourth-order valence-electron chi connectivity index (χ4n) is 2.01. The Balaban J connectivity index is 2.16. The highest BCUT2D eigenvalue weighted by Gasteiger charge is 2.31. The van der Waals surface area contributed by atoms with Crippen LogP contribution >= 0.6 is 0 Å². The van der Waals surface area contributed by atoms with Gasteiger partial charge < -0.3 is 10.1 Å². The van der Waals surface area contributed by atoms with Crippen LogP contribution in [-0.2, 0) is 19.6 Å². The second kappa shape index (κ2) is 5.47. The van der Waals surface area contributed by atoms with Crippen LogP contribution in [0.5, 0.6) is 0 Å². The molecule has 1 amide bonds. The Kier molecular flexibility index (Phi) is 4.07. The molecule has 1 aromatic rings. The number of halogens is 1. The number of hydrogen-bond donors (Lipinski definition) is 2. The van der Waals surface area contributed by atoms with Gasteiger partial charge in [0.05, 0.1) is 10.6 Å². The third-order valence-electron chi connectivity index (χ3n) is 3.17. The molecule has 2 unspecified atom stereocenters. The Hall–Kier alpha value is -1.51. The molecular formula is C12H15FN2O4S. The summed E-state index contributed by atoms with van der Waals surface area (Å²) in [5.74, 6) is -1.26. The van der Waals surface area contributed by atoms with Crippen LogP contribution in [0.2, 0.25) is 0 Å². The lowest BCUT2D eigenvalue weighted by atomic mass is 10.0. The van der Waals surface area contributed by atoms with Gasteiger partial charge in [0.15, 0.2) is 0 Å². The van der Waals surface area contributed by atoms with Crippen molar-refractivity contribution in [3.8, 4) is 0 Å². The van der Waals surface area contributed by atoms with Gasteiger partial charge in [-0.2, -0.15) is 0 Å². The highest BCUT2D eigenvalue weighted by Crippen LogP contribution is 2.23. The van der Waals surface area contributed by atoms with Gasteiger partial charge in [-0.3, -0.25) is 4.79 Å². The van der Waals surface area contributed by atoms with Crippen LogP contribution in [0, 0.1) is 11.7 Å². The smallest absolute Gasteiger partial charge is 0.253 e. The van der Waals surface area contributed by atoms with Gasteiger partial charge in [0, 0.05) is 6.61 Å². The second-order valence-corrected chi connectivity index (χ2v) is 6.29. The summed E-state index contributed by atoms with van der Waals surface area (Å²) in [6, 6.07) is 3.06. The predicted molar refractivity (Wildman–Crippen MR) is 69.9 cm³/mol. The molecule has 1 heterocycles. The molecule has 2 atom stereocenters. The van der Waals surface area contributed by atoms with E-state index < -0.39 is 27.9 Å². The van der Waals surface area contributed by atoms with Crippen molar-refractivity contribution in [1.29, 1.82) is 0 Å². The minimum atomic E-state index is -3.97. The van der Waals surface area contributed by atoms with Crippen LogP contribution in [0.15, 0.2) is 23.1 Å². The quantitative estimate of drug-likeness (QED) is 0.864. The SMILES string of the molecule is CC1CCOC1C(=O)Nc1ccc(S(N)(=O)=O)cc1F. The van der Waals surface area contributed by atoms with Gasteiger partial charge in [-0.15, -0.1) is 0 Å². The summed E-state index contributed by atoms with van der Waals surface area (Å²) in [6.07, 6.45) is 0.151. The Morgan fingerprint density at radius 3 is 2.70 bits per heavy atom. The van der Waals surface area contributed by atoms with E-state index in [-0.39, 0.29) is 16.5 Å². The Morgan fingerprint density at radius 2 is 2.20 bits per heavy atom. The number of anilines is 1. The number of hydrogen-bond acceptors (Lipinski definition) is 4. The largest absolute Gasteiger partial charge is 0.368 e. The molecule has 3 N–H and O–H groups in total. The molecule has 1 fully saturated rings. The van der Waals surface area contributed by atoms with Crippen LogP contribution in [0.4, 0.5) is 10.1 Å². The maximum absolute atomic E-state index is 13.7. The van der Waals surface area contributed by atoms with Crippen LogP contribution < -0.4 is 10.5 Å². The highest BCUT2D eigenvalue weighted by atomic mass is 32.2. The van der Waals surface area contributed by atoms with E-state index in [0.29, 0.717) is 6.61 Å². The lowest BCUT2D eigenvalue weighted by molar-refractivity contribution is -0.126. The monoisotopic (exact) mass is 302 g/mol. The number of carbonyl (C=O) groups is 1. The summed E-state index contributed by atoms with van der Waals surface area (Å²) in [6.45, 7) is 2.36. The average Bonchev–Trinajstić information content (AvgIpc) is 2.76. The number of primary sulfonamides is 1. The molecule has 0 bridgehead atoms. The molecule has 2 rings (SSSR count). The molecule has 20 heavy (non-hydrogen) atoms. The molecule has 1 aliphatic rings. The fourth-order valence-corrected chi connectivity index (χ4v) is 2.53. The number of amides is 1. The maximum atomic E-state index is 13.7. The van der Waals surface area contributed by atoms with Crippen molar-refractivity contribution in [2.45, 2.75) is 24.3 Å². The van der Waals surface area contributed by atoms with Crippen molar-refractivity contribution in [1.82, 2.24) is 0 Å². The first-order valence-electron chi connectivity index (χ1n) is 6.04. The number of sulfonamides is 1. The maximum Gasteiger partial charge on any atom is 0.253 e. The number of carbonyl (C=O) groups excluding carboxylic acids is 1. The zero-order valence-corrected chi connectivity index (χ0v) is 11.6. The first-order chi connectivity index (χ1) is 9.29. The summed E-state index contributed by atoms with van der Waals surface area (Å²) in [7, 11) is -3.97. The van der Waals surface area contributed by atoms with Crippen molar-refractivity contribution < 1.29 is 22.3 Å². The van der Waals surface area contributed by atoms with E-state index in [4.69, 9.17) is 9.88 Å². The van der Waals surface area contributed by atoms with Crippen LogP contribution in [0.3, 0.4) is 0 Å². The summed E-state index contributed by atoms with van der Waals surface area (Å²) < 4.78 is 41.2. The topological polar surface area (TPSA) is 98.5 Å². The van der Waals surface area contributed by atoms with Crippen molar-refractivity contribution in [3.05, 3.63) is 24.0 Å². The van der Waals surface area contributed by atoms with E-state index in [2.05, 4.69) is 5.32 Å². The van der Waals surface area contributed by atoms with E-state index in [1.807, 2.05) is 6.92 Å². The number of benzene rings is 1. The number of nitrogens with one attached hydrogen (secondary N) is 1. The van der Waals surface area contributed by atoms with E-state index in [1.165, 1.54) is 0 Å². The zero-order valence-electron chi connectivity index (χ0n) is 10.8. The minimum Gasteiger partial charge on any atom is -0.368 e. The van der Waals surface area contributed by atoms with E-state index in [0.717, 1.165) is 24.6 Å². The van der Waals surface area contributed by atoms with Crippen molar-refractivity contribution in [2.24, 2.45) is 11.1 Å². The Morgan fingerprint density at radius 1 is 1.50 bits per heavy atom. The molecule has 110 valence electrons. The lowest BCUT2D eigenvalue weighted by Crippen LogP contribution is -2.31. The number of nitrogens with two attached hydrogens (primary N) is 1. The average molecular weight is 302 g/mol. The first kappa shape index (κ1) is 14.9. The molecule has 0 aliphatic carbocycles. The summed E-state index contributed by atoms with van der Waals surface area (Å²) in [5, 5.41) is 7.28. The van der Waals surface area contributed by atoms with Gasteiger partial charge in [-0.05, 0) is 30.5 Å². The standard InChI is InChI=1S/C12H15FN2O4S/c1-7-4-5-19-11(7)12(16)15-10-3-2-8(6-9(10)13)20(14,17)18/h2-3,6-7,11H,4-5H2,1H3,(H,15,16)(H2,14,17,18). The number of rotatable bonds is 3. The third kappa shape index (κ3) is 3.14. The fraction of sp³-hybridized carbons (Fsp3) is 0.417. The molecule has 0 aromatic heterocycles. The van der Waals surface area contributed by atoms with E-state index in [9.17, 15) is 17.6 Å². The van der Waals surface area contributed by atoms with Crippen molar-refractivity contribution in [2.75, 3.05) is 11.9 Å². The van der Waals surface area contributed by atoms with Gasteiger partial charge in [-0.1, -0.05) is 6.92 Å². The third-order valence-corrected chi connectivity index (χ3v) is 4.08. The minimum absolute atomic E-state index is 0.0572. The Labute approximate surface area is 116 Å². The summed E-state index contributed by atoms with van der Waals surface area (Å²) in [4.78, 5) is 11.6. The molecule has 0 radical (unpaired) electrons. The van der Waals surface area contributed by atoms with Crippen LogP contribution in [0.1, 0.15) is 13.3 Å². The predicted octanol–water partition coefficient (Wildman–Crippen LogP) is 0.837. The van der Waals surface area contributed by atoms with Crippen LogP contribution in [0.25, 0.3) is 0 Å². The highest BCUT2D eigenvalue weighted by molar-refractivity contribution is 7.89. The molecule has 6 nitrogen and oxygen atoms in total. The lowest BCUT2D eigenvalue weighted by Gasteiger charge is -2.15. The molecule has 0 spiro atoms. The summed E-state index contributed by atoms with van der Waals surface area (Å²) in [5.41, 5.74) is -0.106. The van der Waals surface area contributed by atoms with E-state index in [1.54, 1.807) is 0 Å². The molecule has 1 aromatic carbocycles. The van der Waals surface area contributed by atoms with Gasteiger partial charge in [0.1, 0.15) is 11.9 Å². The Bertz CT molecular complexity index is 632. The number of ether oxygens (including phenoxy) is 1. The molecule has 8 heteroatoms. The molecule has 0 saturated carbocycles. The van der Waals surface area contributed by atoms with Gasteiger partial charge in [0.2, 0.25) is 10.0 Å². The van der Waals surface area contributed by atoms with E-state index >= 15 is 0 Å². The van der Waals surface area contributed by atoms with Crippen molar-refractivity contribution >= 4 is 21.6 Å². The van der Waals surface area contributed by atoms with Crippen molar-refractivity contribution in [3.63, 3.8) is 0 Å². The van der Waals surface area contributed by atoms with Gasteiger partial charge in [-0.25, -0.2) is 17.9 Å². The molecule has 1 aliphatic heterocycles. The summed E-state index contributed by atoms with van der Waals surface area (Å²) >= 11 is 0. The normalized spacial score (nSPS) is 22.8. The van der Waals surface area contributed by atoms with Gasteiger partial charge in [0.25, 0.3) is 5.91 Å². The second-order valence-electron chi connectivity index (χ2n) is 4.73. The van der Waals surface area contributed by atoms with Crippen LogP contribution in [-0.4, -0.2) is 27.0 Å². The van der Waals surface area contributed by atoms with Gasteiger partial charge >= 0.3 is 0 Å². The zero-order chi connectivity index (χ0) is 14.9. The molecule has 1 saturated heterocycles. The first-order valence-corrected chi connectivity index (χ1v) is 7.58. The molecular weight excluding hydrogens is 287 g/mol.